The topological polar surface area (TPSA) is 43.0 Å². The molecule has 0 saturated carbocycles. The maximum Gasteiger partial charge on any atom is 0.231 e. The van der Waals surface area contributed by atoms with Gasteiger partial charge in [-0.1, -0.05) is 30.3 Å². The quantitative estimate of drug-likeness (QED) is 0.885. The molecule has 2 aromatic carbocycles. The Balaban J connectivity index is 0.00000182. The van der Waals surface area contributed by atoms with Gasteiger partial charge < -0.3 is 24.4 Å². The van der Waals surface area contributed by atoms with Gasteiger partial charge in [0.1, 0.15) is 0 Å². The highest BCUT2D eigenvalue weighted by atomic mass is 35.5. The second kappa shape index (κ2) is 8.43. The van der Waals surface area contributed by atoms with E-state index in [2.05, 4.69) is 40.5 Å². The highest BCUT2D eigenvalue weighted by Crippen LogP contribution is 2.35. The molecule has 25 heavy (non-hydrogen) atoms. The van der Waals surface area contributed by atoms with E-state index in [1.165, 1.54) is 11.3 Å². The zero-order valence-electron chi connectivity index (χ0n) is 14.1. The molecule has 6 heteroatoms. The first-order chi connectivity index (χ1) is 11.9. The Hall–Kier alpha value is -1.95. The molecule has 0 atom stereocenters. The molecular weight excluding hydrogens is 340 g/mol. The Labute approximate surface area is 154 Å². The fourth-order valence-electron chi connectivity index (χ4n) is 3.23. The second-order valence-corrected chi connectivity index (χ2v) is 5.98. The fourth-order valence-corrected chi connectivity index (χ4v) is 3.23. The summed E-state index contributed by atoms with van der Waals surface area (Å²) in [6.45, 7) is 5.39. The van der Waals surface area contributed by atoms with Gasteiger partial charge in [-0.25, -0.2) is 0 Å². The number of nitrogens with zero attached hydrogens (tertiary/aromatic N) is 1. The summed E-state index contributed by atoms with van der Waals surface area (Å²) < 4.78 is 16.5. The fraction of sp³-hybridized carbons (Fsp3) is 0.368. The van der Waals surface area contributed by atoms with Crippen molar-refractivity contribution in [1.29, 1.82) is 0 Å². The lowest BCUT2D eigenvalue weighted by Crippen LogP contribution is -2.37. The number of rotatable bonds is 5. The molecule has 0 spiro atoms. The summed E-state index contributed by atoms with van der Waals surface area (Å²) in [5.74, 6) is 1.70. The number of para-hydroxylation sites is 2. The van der Waals surface area contributed by atoms with Crippen LogP contribution in [0.4, 0.5) is 5.69 Å². The average molecular weight is 363 g/mol. The lowest BCUT2D eigenvalue weighted by Gasteiger charge is -2.30. The van der Waals surface area contributed by atoms with Gasteiger partial charge in [-0.05, 0) is 17.7 Å². The number of ether oxygens (including phenoxy) is 3. The van der Waals surface area contributed by atoms with E-state index in [0.29, 0.717) is 6.79 Å². The summed E-state index contributed by atoms with van der Waals surface area (Å²) in [5, 5.41) is 3.53. The highest BCUT2D eigenvalue weighted by molar-refractivity contribution is 5.85. The molecule has 1 saturated heterocycles. The molecule has 2 heterocycles. The van der Waals surface area contributed by atoms with Crippen molar-refractivity contribution in [3.8, 4) is 11.5 Å². The summed E-state index contributed by atoms with van der Waals surface area (Å²) in [6, 6.07) is 14.6. The molecule has 2 aromatic rings. The number of hydrogen-bond acceptors (Lipinski definition) is 5. The van der Waals surface area contributed by atoms with Crippen molar-refractivity contribution in [3.05, 3.63) is 53.6 Å². The third kappa shape index (κ3) is 4.00. The predicted octanol–water partition coefficient (Wildman–Crippen LogP) is 2.96. The van der Waals surface area contributed by atoms with Crippen molar-refractivity contribution >= 4 is 18.1 Å². The summed E-state index contributed by atoms with van der Waals surface area (Å²) in [5.41, 5.74) is 3.74. The average Bonchev–Trinajstić information content (AvgIpc) is 3.12. The van der Waals surface area contributed by atoms with Gasteiger partial charge in [0.25, 0.3) is 0 Å². The van der Waals surface area contributed by atoms with E-state index in [1.54, 1.807) is 0 Å². The lowest BCUT2D eigenvalue weighted by atomic mass is 10.1. The van der Waals surface area contributed by atoms with Crippen LogP contribution in [0.2, 0.25) is 0 Å². The number of morpholine rings is 1. The minimum Gasteiger partial charge on any atom is -0.454 e. The minimum atomic E-state index is 0. The summed E-state index contributed by atoms with van der Waals surface area (Å²) >= 11 is 0. The molecule has 1 N–H and O–H groups in total. The van der Waals surface area contributed by atoms with Crippen molar-refractivity contribution in [2.45, 2.75) is 13.1 Å². The third-order valence-electron chi connectivity index (χ3n) is 4.45. The largest absolute Gasteiger partial charge is 0.454 e. The van der Waals surface area contributed by atoms with Gasteiger partial charge in [0, 0.05) is 37.4 Å². The van der Waals surface area contributed by atoms with Gasteiger partial charge in [-0.3, -0.25) is 0 Å². The van der Waals surface area contributed by atoms with Crippen LogP contribution in [0.3, 0.4) is 0 Å². The Kier molecular flexibility index (Phi) is 6.02. The molecule has 0 radical (unpaired) electrons. The van der Waals surface area contributed by atoms with Gasteiger partial charge in [-0.15, -0.1) is 12.4 Å². The molecule has 4 rings (SSSR count). The SMILES string of the molecule is Cl.c1ccc(N2CCOCC2)c(CNCc2cccc3c2OCO3)c1. The Bertz CT molecular complexity index is 705. The van der Waals surface area contributed by atoms with Crippen LogP contribution in [-0.2, 0) is 17.8 Å². The van der Waals surface area contributed by atoms with Crippen molar-refractivity contribution < 1.29 is 14.2 Å². The molecule has 1 fully saturated rings. The van der Waals surface area contributed by atoms with Crippen molar-refractivity contribution in [3.63, 3.8) is 0 Å². The zero-order valence-corrected chi connectivity index (χ0v) is 14.9. The lowest BCUT2D eigenvalue weighted by molar-refractivity contribution is 0.122. The number of fused-ring (bicyclic) bond motifs is 1. The van der Waals surface area contributed by atoms with Crippen LogP contribution in [0.1, 0.15) is 11.1 Å². The number of benzene rings is 2. The standard InChI is InChI=1S/C19H22N2O3.ClH/c1-2-6-17(21-8-10-22-11-9-21)15(4-1)12-20-13-16-5-3-7-18-19(16)24-14-23-18;/h1-7,20H,8-14H2;1H. The van der Waals surface area contributed by atoms with Gasteiger partial charge >= 0.3 is 0 Å². The van der Waals surface area contributed by atoms with Crippen LogP contribution >= 0.6 is 12.4 Å². The van der Waals surface area contributed by atoms with E-state index in [9.17, 15) is 0 Å². The van der Waals surface area contributed by atoms with E-state index in [-0.39, 0.29) is 12.4 Å². The molecule has 134 valence electrons. The smallest absolute Gasteiger partial charge is 0.231 e. The Morgan fingerprint density at radius 2 is 1.64 bits per heavy atom. The molecular formula is C19H23ClN2O3. The number of anilines is 1. The maximum atomic E-state index is 5.57. The molecule has 2 aliphatic heterocycles. The van der Waals surface area contributed by atoms with Crippen LogP contribution in [0.5, 0.6) is 11.5 Å². The van der Waals surface area contributed by atoms with Crippen molar-refractivity contribution in [2.75, 3.05) is 38.0 Å². The predicted molar refractivity (Wildman–Crippen MR) is 99.8 cm³/mol. The van der Waals surface area contributed by atoms with Crippen LogP contribution < -0.4 is 19.7 Å². The van der Waals surface area contributed by atoms with E-state index in [0.717, 1.165) is 56.5 Å². The van der Waals surface area contributed by atoms with Gasteiger partial charge in [0.2, 0.25) is 6.79 Å². The van der Waals surface area contributed by atoms with Gasteiger partial charge in [-0.2, -0.15) is 0 Å². The first-order valence-electron chi connectivity index (χ1n) is 8.40. The number of hydrogen-bond donors (Lipinski definition) is 1. The van der Waals surface area contributed by atoms with Gasteiger partial charge in [0.15, 0.2) is 11.5 Å². The first kappa shape index (κ1) is 17.9. The Morgan fingerprint density at radius 3 is 2.52 bits per heavy atom. The molecule has 0 aromatic heterocycles. The van der Waals surface area contributed by atoms with Crippen LogP contribution in [0, 0.1) is 0 Å². The second-order valence-electron chi connectivity index (χ2n) is 5.98. The van der Waals surface area contributed by atoms with E-state index >= 15 is 0 Å². The summed E-state index contributed by atoms with van der Waals surface area (Å²) in [7, 11) is 0. The molecule has 0 bridgehead atoms. The van der Waals surface area contributed by atoms with Gasteiger partial charge in [0.05, 0.1) is 13.2 Å². The van der Waals surface area contributed by atoms with Crippen molar-refractivity contribution in [2.24, 2.45) is 0 Å². The van der Waals surface area contributed by atoms with E-state index < -0.39 is 0 Å². The monoisotopic (exact) mass is 362 g/mol. The van der Waals surface area contributed by atoms with Crippen LogP contribution in [-0.4, -0.2) is 33.1 Å². The van der Waals surface area contributed by atoms with Crippen molar-refractivity contribution in [1.82, 2.24) is 5.32 Å². The Morgan fingerprint density at radius 1 is 0.880 bits per heavy atom. The van der Waals surface area contributed by atoms with Crippen LogP contribution in [0.15, 0.2) is 42.5 Å². The number of nitrogens with one attached hydrogen (secondary N) is 1. The molecule has 0 aliphatic carbocycles. The zero-order chi connectivity index (χ0) is 16.2. The molecule has 2 aliphatic rings. The highest BCUT2D eigenvalue weighted by Gasteiger charge is 2.17. The summed E-state index contributed by atoms with van der Waals surface area (Å²) in [6.07, 6.45) is 0. The van der Waals surface area contributed by atoms with Crippen LogP contribution in [0.25, 0.3) is 0 Å². The maximum absolute atomic E-state index is 5.57. The normalized spacial score (nSPS) is 15.8. The summed E-state index contributed by atoms with van der Waals surface area (Å²) in [4.78, 5) is 2.40. The molecule has 0 amide bonds. The third-order valence-corrected chi connectivity index (χ3v) is 4.45. The minimum absolute atomic E-state index is 0. The first-order valence-corrected chi connectivity index (χ1v) is 8.40. The molecule has 5 nitrogen and oxygen atoms in total. The number of halogens is 1. The molecule has 0 unspecified atom stereocenters. The van der Waals surface area contributed by atoms with E-state index in [4.69, 9.17) is 14.2 Å². The van der Waals surface area contributed by atoms with E-state index in [1.807, 2.05) is 12.1 Å².